The minimum absolute atomic E-state index is 0.0763. The third-order valence-electron chi connectivity index (χ3n) is 4.24. The number of nitrogen functional groups attached to an aromatic ring is 1. The zero-order chi connectivity index (χ0) is 19.5. The van der Waals surface area contributed by atoms with Crippen LogP contribution < -0.4 is 10.6 Å². The molecule has 4 aromatic rings. The molecule has 0 radical (unpaired) electrons. The smallest absolute Gasteiger partial charge is 0.387 e. The van der Waals surface area contributed by atoms with Crippen LogP contribution in [0.15, 0.2) is 71.9 Å². The van der Waals surface area contributed by atoms with E-state index < -0.39 is 6.61 Å². The SMILES string of the molecule is Nn1c(SCc2cccc3ccccc23)nnc1-c1ccc(OC(F)F)cc1. The lowest BCUT2D eigenvalue weighted by Gasteiger charge is -2.07. The first kappa shape index (κ1) is 18.2. The minimum Gasteiger partial charge on any atom is -0.435 e. The highest BCUT2D eigenvalue weighted by Crippen LogP contribution is 2.28. The second kappa shape index (κ2) is 7.85. The maximum Gasteiger partial charge on any atom is 0.387 e. The summed E-state index contributed by atoms with van der Waals surface area (Å²) in [6.07, 6.45) is 0. The van der Waals surface area contributed by atoms with Crippen LogP contribution in [0.2, 0.25) is 0 Å². The zero-order valence-corrected chi connectivity index (χ0v) is 15.4. The van der Waals surface area contributed by atoms with Gasteiger partial charge in [0.2, 0.25) is 5.16 Å². The first-order valence-electron chi connectivity index (χ1n) is 8.47. The van der Waals surface area contributed by atoms with E-state index in [0.717, 1.165) is 0 Å². The summed E-state index contributed by atoms with van der Waals surface area (Å²) in [7, 11) is 0. The number of alkyl halides is 2. The topological polar surface area (TPSA) is 66.0 Å². The molecule has 0 bridgehead atoms. The molecule has 8 heteroatoms. The highest BCUT2D eigenvalue weighted by Gasteiger charge is 2.13. The van der Waals surface area contributed by atoms with E-state index in [-0.39, 0.29) is 5.75 Å². The molecule has 0 saturated carbocycles. The van der Waals surface area contributed by atoms with Crippen molar-refractivity contribution in [1.29, 1.82) is 0 Å². The first-order valence-corrected chi connectivity index (χ1v) is 9.45. The third kappa shape index (κ3) is 3.77. The van der Waals surface area contributed by atoms with E-state index in [1.807, 2.05) is 18.2 Å². The Balaban J connectivity index is 1.52. The van der Waals surface area contributed by atoms with Crippen LogP contribution in [0.4, 0.5) is 8.78 Å². The summed E-state index contributed by atoms with van der Waals surface area (Å²) < 4.78 is 30.3. The normalized spacial score (nSPS) is 11.2. The molecular weight excluding hydrogens is 382 g/mol. The Labute approximate surface area is 164 Å². The van der Waals surface area contributed by atoms with Crippen molar-refractivity contribution in [1.82, 2.24) is 14.9 Å². The second-order valence-corrected chi connectivity index (χ2v) is 6.95. The number of nitrogens with zero attached hydrogens (tertiary/aromatic N) is 3. The van der Waals surface area contributed by atoms with Crippen LogP contribution >= 0.6 is 11.8 Å². The standard InChI is InChI=1S/C20H16F2N4OS/c21-19(22)27-16-10-8-14(9-11-16)18-24-25-20(26(18)23)28-12-15-6-3-5-13-4-1-2-7-17(13)15/h1-11,19H,12,23H2. The molecule has 1 aromatic heterocycles. The van der Waals surface area contributed by atoms with Crippen LogP contribution in [0.5, 0.6) is 5.75 Å². The molecule has 0 amide bonds. The van der Waals surface area contributed by atoms with Crippen molar-refractivity contribution in [3.8, 4) is 17.1 Å². The molecule has 4 rings (SSSR count). The molecule has 0 spiro atoms. The maximum absolute atomic E-state index is 12.3. The molecule has 5 nitrogen and oxygen atoms in total. The first-order chi connectivity index (χ1) is 13.6. The van der Waals surface area contributed by atoms with Gasteiger partial charge in [0.15, 0.2) is 5.82 Å². The zero-order valence-electron chi connectivity index (χ0n) is 14.6. The fourth-order valence-electron chi connectivity index (χ4n) is 2.92. The van der Waals surface area contributed by atoms with Gasteiger partial charge in [0, 0.05) is 11.3 Å². The lowest BCUT2D eigenvalue weighted by atomic mass is 10.1. The number of benzene rings is 3. The average Bonchev–Trinajstić information content (AvgIpc) is 3.07. The number of fused-ring (bicyclic) bond motifs is 1. The molecular formula is C20H16F2N4OS. The van der Waals surface area contributed by atoms with Crippen molar-refractivity contribution in [3.63, 3.8) is 0 Å². The van der Waals surface area contributed by atoms with Gasteiger partial charge in [-0.3, -0.25) is 0 Å². The summed E-state index contributed by atoms with van der Waals surface area (Å²) in [5, 5.41) is 11.2. The van der Waals surface area contributed by atoms with Crippen molar-refractivity contribution in [3.05, 3.63) is 72.3 Å². The number of hydrogen-bond donors (Lipinski definition) is 1. The Morgan fingerprint density at radius 2 is 1.71 bits per heavy atom. The van der Waals surface area contributed by atoms with Crippen LogP contribution in [-0.4, -0.2) is 21.5 Å². The van der Waals surface area contributed by atoms with E-state index in [2.05, 4.69) is 39.2 Å². The summed E-state index contributed by atoms with van der Waals surface area (Å²) >= 11 is 1.48. The van der Waals surface area contributed by atoms with Gasteiger partial charge in [-0.2, -0.15) is 8.78 Å². The highest BCUT2D eigenvalue weighted by atomic mass is 32.2. The predicted octanol–water partition coefficient (Wildman–Crippen LogP) is 4.71. The summed E-state index contributed by atoms with van der Waals surface area (Å²) in [6, 6.07) is 20.5. The molecule has 0 saturated heterocycles. The fourth-order valence-corrected chi connectivity index (χ4v) is 3.78. The quantitative estimate of drug-likeness (QED) is 0.377. The van der Waals surface area contributed by atoms with Gasteiger partial charge in [-0.25, -0.2) is 4.68 Å². The van der Waals surface area contributed by atoms with Crippen molar-refractivity contribution in [2.24, 2.45) is 0 Å². The van der Waals surface area contributed by atoms with Gasteiger partial charge in [-0.05, 0) is 40.6 Å². The fraction of sp³-hybridized carbons (Fsp3) is 0.100. The monoisotopic (exact) mass is 398 g/mol. The van der Waals surface area contributed by atoms with E-state index in [1.54, 1.807) is 12.1 Å². The molecule has 1 heterocycles. The van der Waals surface area contributed by atoms with Crippen LogP contribution in [0.25, 0.3) is 22.2 Å². The largest absolute Gasteiger partial charge is 0.435 e. The number of ether oxygens (including phenoxy) is 1. The Kier molecular flexibility index (Phi) is 5.12. The van der Waals surface area contributed by atoms with E-state index in [4.69, 9.17) is 5.84 Å². The van der Waals surface area contributed by atoms with Crippen molar-refractivity contribution >= 4 is 22.5 Å². The predicted molar refractivity (Wildman–Crippen MR) is 106 cm³/mol. The molecule has 142 valence electrons. The molecule has 0 aliphatic rings. The lowest BCUT2D eigenvalue weighted by molar-refractivity contribution is -0.0498. The van der Waals surface area contributed by atoms with E-state index >= 15 is 0 Å². The number of halogens is 2. The van der Waals surface area contributed by atoms with Crippen molar-refractivity contribution < 1.29 is 13.5 Å². The number of nitrogens with two attached hydrogens (primary N) is 1. The highest BCUT2D eigenvalue weighted by molar-refractivity contribution is 7.98. The number of rotatable bonds is 6. The third-order valence-corrected chi connectivity index (χ3v) is 5.23. The second-order valence-electron chi connectivity index (χ2n) is 6.01. The van der Waals surface area contributed by atoms with Crippen LogP contribution in [0, 0.1) is 0 Å². The summed E-state index contributed by atoms with van der Waals surface area (Å²) in [5.74, 6) is 7.37. The molecule has 0 fully saturated rings. The Bertz CT molecular complexity index is 1090. The Morgan fingerprint density at radius 1 is 0.964 bits per heavy atom. The average molecular weight is 398 g/mol. The Morgan fingerprint density at radius 3 is 2.50 bits per heavy atom. The van der Waals surface area contributed by atoms with Gasteiger partial charge >= 0.3 is 6.61 Å². The molecule has 3 aromatic carbocycles. The van der Waals surface area contributed by atoms with Crippen molar-refractivity contribution in [2.45, 2.75) is 17.5 Å². The van der Waals surface area contributed by atoms with Crippen LogP contribution in [-0.2, 0) is 5.75 Å². The number of aromatic nitrogens is 3. The van der Waals surface area contributed by atoms with Gasteiger partial charge in [0.1, 0.15) is 5.75 Å². The van der Waals surface area contributed by atoms with Gasteiger partial charge < -0.3 is 10.6 Å². The molecule has 2 N–H and O–H groups in total. The van der Waals surface area contributed by atoms with E-state index in [1.165, 1.54) is 44.9 Å². The van der Waals surface area contributed by atoms with Gasteiger partial charge in [0.25, 0.3) is 0 Å². The van der Waals surface area contributed by atoms with E-state index in [9.17, 15) is 8.78 Å². The van der Waals surface area contributed by atoms with Gasteiger partial charge in [-0.1, -0.05) is 54.2 Å². The van der Waals surface area contributed by atoms with Gasteiger partial charge in [-0.15, -0.1) is 10.2 Å². The number of thioether (sulfide) groups is 1. The van der Waals surface area contributed by atoms with E-state index in [0.29, 0.717) is 22.3 Å². The molecule has 0 atom stereocenters. The van der Waals surface area contributed by atoms with Crippen LogP contribution in [0.3, 0.4) is 0 Å². The lowest BCUT2D eigenvalue weighted by Crippen LogP contribution is -2.11. The van der Waals surface area contributed by atoms with Crippen molar-refractivity contribution in [2.75, 3.05) is 5.84 Å². The molecule has 0 aliphatic carbocycles. The molecule has 0 aliphatic heterocycles. The summed E-state index contributed by atoms with van der Waals surface area (Å²) in [4.78, 5) is 0. The number of hydrogen-bond acceptors (Lipinski definition) is 5. The summed E-state index contributed by atoms with van der Waals surface area (Å²) in [5.41, 5.74) is 1.84. The molecule has 28 heavy (non-hydrogen) atoms. The van der Waals surface area contributed by atoms with Crippen LogP contribution in [0.1, 0.15) is 5.56 Å². The minimum atomic E-state index is -2.86. The maximum atomic E-state index is 12.3. The van der Waals surface area contributed by atoms with Gasteiger partial charge in [0.05, 0.1) is 0 Å². The molecule has 0 unspecified atom stereocenters. The Hall–Kier alpha value is -3.13. The summed E-state index contributed by atoms with van der Waals surface area (Å²) in [6.45, 7) is -2.86.